The van der Waals surface area contributed by atoms with E-state index in [0.29, 0.717) is 30.2 Å². The fraction of sp³-hybridized carbons (Fsp3) is 0.417. The van der Waals surface area contributed by atoms with Gasteiger partial charge in [0, 0.05) is 11.3 Å². The van der Waals surface area contributed by atoms with Gasteiger partial charge < -0.3 is 19.5 Å². The molecule has 1 atom stereocenters. The summed E-state index contributed by atoms with van der Waals surface area (Å²) < 4.78 is 16.5. The summed E-state index contributed by atoms with van der Waals surface area (Å²) in [7, 11) is 0. The molecule has 7 nitrogen and oxygen atoms in total. The van der Waals surface area contributed by atoms with E-state index in [2.05, 4.69) is 24.5 Å². The maximum absolute atomic E-state index is 12.9. The molecule has 0 saturated heterocycles. The first kappa shape index (κ1) is 22.5. The van der Waals surface area contributed by atoms with Crippen molar-refractivity contribution in [2.75, 3.05) is 18.5 Å². The number of amides is 2. The number of nitrogens with one attached hydrogen (secondary N) is 2. The normalized spacial score (nSPS) is 14.0. The first-order valence-corrected chi connectivity index (χ1v) is 10.4. The van der Waals surface area contributed by atoms with Crippen LogP contribution >= 0.6 is 0 Å². The zero-order valence-electron chi connectivity index (χ0n) is 18.7. The molecular weight excluding hydrogens is 396 g/mol. The van der Waals surface area contributed by atoms with Gasteiger partial charge in [-0.05, 0) is 68.7 Å². The van der Waals surface area contributed by atoms with Crippen molar-refractivity contribution in [3.63, 3.8) is 0 Å². The predicted octanol–water partition coefficient (Wildman–Crippen LogP) is 4.93. The third-order valence-electron chi connectivity index (χ3n) is 4.67. The van der Waals surface area contributed by atoms with Gasteiger partial charge in [-0.25, -0.2) is 4.79 Å². The second-order valence-electron chi connectivity index (χ2n) is 8.80. The molecule has 0 saturated carbocycles. The van der Waals surface area contributed by atoms with Gasteiger partial charge >= 0.3 is 6.09 Å². The fourth-order valence-corrected chi connectivity index (χ4v) is 3.24. The third kappa shape index (κ3) is 6.13. The maximum Gasteiger partial charge on any atom is 0.412 e. The Hall–Kier alpha value is -3.22. The van der Waals surface area contributed by atoms with E-state index >= 15 is 0 Å². The SMILES string of the molecule is CC(C)[C@@H](NC(=O)c1ccc(NC(=O)OC(C)(C)C)cc1)c1ccc2c(c1)OCCO2. The van der Waals surface area contributed by atoms with Crippen molar-refractivity contribution in [1.82, 2.24) is 5.32 Å². The van der Waals surface area contributed by atoms with Gasteiger partial charge in [0.15, 0.2) is 11.5 Å². The molecule has 2 aromatic rings. The van der Waals surface area contributed by atoms with Crippen LogP contribution < -0.4 is 20.1 Å². The number of hydrogen-bond donors (Lipinski definition) is 2. The lowest BCUT2D eigenvalue weighted by molar-refractivity contribution is 0.0635. The molecule has 7 heteroatoms. The van der Waals surface area contributed by atoms with Crippen molar-refractivity contribution in [1.29, 1.82) is 0 Å². The van der Waals surface area contributed by atoms with Gasteiger partial charge in [-0.1, -0.05) is 19.9 Å². The van der Waals surface area contributed by atoms with E-state index in [1.54, 1.807) is 45.0 Å². The zero-order chi connectivity index (χ0) is 22.6. The van der Waals surface area contributed by atoms with E-state index < -0.39 is 11.7 Å². The second-order valence-corrected chi connectivity index (χ2v) is 8.80. The van der Waals surface area contributed by atoms with E-state index in [1.807, 2.05) is 18.2 Å². The minimum absolute atomic E-state index is 0.166. The van der Waals surface area contributed by atoms with Crippen molar-refractivity contribution in [3.8, 4) is 11.5 Å². The Morgan fingerprint density at radius 2 is 1.61 bits per heavy atom. The minimum atomic E-state index is -0.580. The smallest absolute Gasteiger partial charge is 0.412 e. The summed E-state index contributed by atoms with van der Waals surface area (Å²) in [4.78, 5) is 24.8. The van der Waals surface area contributed by atoms with Crippen LogP contribution in [-0.2, 0) is 4.74 Å². The van der Waals surface area contributed by atoms with Gasteiger partial charge in [-0.3, -0.25) is 10.1 Å². The summed E-state index contributed by atoms with van der Waals surface area (Å²) in [6.45, 7) is 10.5. The standard InChI is InChI=1S/C24H30N2O5/c1-15(2)21(17-8-11-19-20(14-17)30-13-12-29-19)26-22(27)16-6-9-18(10-7-16)25-23(28)31-24(3,4)5/h6-11,14-15,21H,12-13H2,1-5H3,(H,25,28)(H,26,27)/t21-/m1/s1. The molecule has 0 fully saturated rings. The van der Waals surface area contributed by atoms with Crippen LogP contribution in [-0.4, -0.2) is 30.8 Å². The van der Waals surface area contributed by atoms with Gasteiger partial charge in [0.05, 0.1) is 6.04 Å². The Kier molecular flexibility index (Phi) is 6.73. The molecule has 1 heterocycles. The topological polar surface area (TPSA) is 85.9 Å². The number of hydrogen-bond acceptors (Lipinski definition) is 5. The van der Waals surface area contributed by atoms with Crippen molar-refractivity contribution in [3.05, 3.63) is 53.6 Å². The number of anilines is 1. The molecule has 2 amide bonds. The molecule has 0 unspecified atom stereocenters. The lowest BCUT2D eigenvalue weighted by Gasteiger charge is -2.25. The number of benzene rings is 2. The van der Waals surface area contributed by atoms with Crippen LogP contribution in [0.15, 0.2) is 42.5 Å². The molecule has 1 aliphatic heterocycles. The molecule has 31 heavy (non-hydrogen) atoms. The highest BCUT2D eigenvalue weighted by molar-refractivity contribution is 5.95. The van der Waals surface area contributed by atoms with Gasteiger partial charge in [-0.2, -0.15) is 0 Å². The summed E-state index contributed by atoms with van der Waals surface area (Å²) in [6.07, 6.45) is -0.539. The van der Waals surface area contributed by atoms with Crippen LogP contribution in [0.4, 0.5) is 10.5 Å². The molecule has 166 valence electrons. The highest BCUT2D eigenvalue weighted by Crippen LogP contribution is 2.34. The predicted molar refractivity (Wildman–Crippen MR) is 119 cm³/mol. The van der Waals surface area contributed by atoms with Crippen molar-refractivity contribution in [2.24, 2.45) is 5.92 Å². The van der Waals surface area contributed by atoms with Crippen molar-refractivity contribution < 1.29 is 23.8 Å². The van der Waals surface area contributed by atoms with Crippen molar-refractivity contribution >= 4 is 17.7 Å². The van der Waals surface area contributed by atoms with E-state index in [0.717, 1.165) is 11.3 Å². The van der Waals surface area contributed by atoms with E-state index in [4.69, 9.17) is 14.2 Å². The summed E-state index contributed by atoms with van der Waals surface area (Å²) in [6, 6.07) is 12.2. The van der Waals surface area contributed by atoms with Gasteiger partial charge in [0.25, 0.3) is 5.91 Å². The fourth-order valence-electron chi connectivity index (χ4n) is 3.24. The van der Waals surface area contributed by atoms with Crippen LogP contribution in [0.2, 0.25) is 0 Å². The van der Waals surface area contributed by atoms with E-state index in [-0.39, 0.29) is 17.9 Å². The second kappa shape index (κ2) is 9.29. The largest absolute Gasteiger partial charge is 0.486 e. The number of fused-ring (bicyclic) bond motifs is 1. The van der Waals surface area contributed by atoms with Crippen LogP contribution in [0.1, 0.15) is 56.6 Å². The Balaban J connectivity index is 1.68. The molecule has 0 radical (unpaired) electrons. The number of rotatable bonds is 5. The van der Waals surface area contributed by atoms with Crippen LogP contribution in [0, 0.1) is 5.92 Å². The van der Waals surface area contributed by atoms with Gasteiger partial charge in [0.1, 0.15) is 18.8 Å². The number of carbonyl (C=O) groups is 2. The Morgan fingerprint density at radius 3 is 2.23 bits per heavy atom. The molecule has 0 aromatic heterocycles. The maximum atomic E-state index is 12.9. The van der Waals surface area contributed by atoms with Gasteiger partial charge in [-0.15, -0.1) is 0 Å². The number of carbonyl (C=O) groups excluding carboxylic acids is 2. The molecule has 0 spiro atoms. The average molecular weight is 427 g/mol. The molecule has 3 rings (SSSR count). The first-order valence-electron chi connectivity index (χ1n) is 10.4. The van der Waals surface area contributed by atoms with Crippen molar-refractivity contribution in [2.45, 2.75) is 46.3 Å². The summed E-state index contributed by atoms with van der Waals surface area (Å²) in [5.74, 6) is 1.38. The summed E-state index contributed by atoms with van der Waals surface area (Å²) in [5, 5.41) is 5.76. The molecule has 2 aromatic carbocycles. The van der Waals surface area contributed by atoms with Crippen LogP contribution in [0.3, 0.4) is 0 Å². The van der Waals surface area contributed by atoms with Crippen LogP contribution in [0.25, 0.3) is 0 Å². The molecule has 2 N–H and O–H groups in total. The third-order valence-corrected chi connectivity index (χ3v) is 4.67. The van der Waals surface area contributed by atoms with E-state index in [9.17, 15) is 9.59 Å². The highest BCUT2D eigenvalue weighted by atomic mass is 16.6. The van der Waals surface area contributed by atoms with Gasteiger partial charge in [0.2, 0.25) is 0 Å². The van der Waals surface area contributed by atoms with E-state index in [1.165, 1.54) is 0 Å². The highest BCUT2D eigenvalue weighted by Gasteiger charge is 2.22. The lowest BCUT2D eigenvalue weighted by Crippen LogP contribution is -2.32. The molecular formula is C24H30N2O5. The average Bonchev–Trinajstić information content (AvgIpc) is 2.70. The molecule has 0 bridgehead atoms. The Labute approximate surface area is 183 Å². The monoisotopic (exact) mass is 426 g/mol. The molecule has 0 aliphatic carbocycles. The lowest BCUT2D eigenvalue weighted by atomic mass is 9.95. The minimum Gasteiger partial charge on any atom is -0.486 e. The van der Waals surface area contributed by atoms with Crippen LogP contribution in [0.5, 0.6) is 11.5 Å². The summed E-state index contributed by atoms with van der Waals surface area (Å²) >= 11 is 0. The Morgan fingerprint density at radius 1 is 0.968 bits per heavy atom. The summed E-state index contributed by atoms with van der Waals surface area (Å²) in [5.41, 5.74) is 1.43. The zero-order valence-corrected chi connectivity index (χ0v) is 18.7. The number of ether oxygens (including phenoxy) is 3. The molecule has 1 aliphatic rings. The Bertz CT molecular complexity index is 932. The first-order chi connectivity index (χ1) is 14.6. The quantitative estimate of drug-likeness (QED) is 0.708.